The molecular weight excluding hydrogens is 415 g/mol. The van der Waals surface area contributed by atoms with Crippen LogP contribution >= 0.6 is 11.8 Å². The molecule has 2 aromatic carbocycles. The topological polar surface area (TPSA) is 69.0 Å². The van der Waals surface area contributed by atoms with Gasteiger partial charge in [-0.05, 0) is 55.7 Å². The van der Waals surface area contributed by atoms with Crippen LogP contribution in [0.5, 0.6) is 5.75 Å². The first-order valence-electron chi connectivity index (χ1n) is 9.79. The molecular formula is C23H25FN4O2S. The van der Waals surface area contributed by atoms with Crippen LogP contribution in [0.25, 0.3) is 0 Å². The molecule has 6 nitrogen and oxygen atoms in total. The molecule has 1 heterocycles. The van der Waals surface area contributed by atoms with Gasteiger partial charge < -0.3 is 10.1 Å². The van der Waals surface area contributed by atoms with Crippen molar-refractivity contribution >= 4 is 23.4 Å². The lowest BCUT2D eigenvalue weighted by Gasteiger charge is -2.11. The number of halogens is 1. The summed E-state index contributed by atoms with van der Waals surface area (Å²) in [6, 6.07) is 10.7. The molecule has 0 bridgehead atoms. The fourth-order valence-corrected chi connectivity index (χ4v) is 3.65. The van der Waals surface area contributed by atoms with Gasteiger partial charge >= 0.3 is 0 Å². The molecule has 0 aliphatic rings. The first-order valence-corrected chi connectivity index (χ1v) is 10.8. The molecule has 0 saturated heterocycles. The highest BCUT2D eigenvalue weighted by Gasteiger charge is 2.15. The van der Waals surface area contributed by atoms with Crippen LogP contribution in [-0.4, -0.2) is 26.4 Å². The minimum absolute atomic E-state index is 0.0699. The summed E-state index contributed by atoms with van der Waals surface area (Å²) in [5.74, 6) is 0.712. The second kappa shape index (κ2) is 10.3. The van der Waals surface area contributed by atoms with Crippen molar-refractivity contribution < 1.29 is 13.9 Å². The summed E-state index contributed by atoms with van der Waals surface area (Å²) in [5.41, 5.74) is 3.10. The number of rotatable bonds is 9. The van der Waals surface area contributed by atoms with E-state index in [-0.39, 0.29) is 24.0 Å². The number of aryl methyl sites for hydroxylation is 3. The summed E-state index contributed by atoms with van der Waals surface area (Å²) in [6.45, 7) is 10.3. The van der Waals surface area contributed by atoms with E-state index < -0.39 is 5.82 Å². The number of benzene rings is 2. The highest BCUT2D eigenvalue weighted by atomic mass is 32.2. The Morgan fingerprint density at radius 1 is 1.19 bits per heavy atom. The normalized spacial score (nSPS) is 10.7. The minimum Gasteiger partial charge on any atom is -0.485 e. The van der Waals surface area contributed by atoms with Gasteiger partial charge in [0, 0.05) is 6.54 Å². The maximum Gasteiger partial charge on any atom is 0.234 e. The quantitative estimate of drug-likeness (QED) is 0.381. The van der Waals surface area contributed by atoms with Gasteiger partial charge in [0.05, 0.1) is 11.4 Å². The predicted molar refractivity (Wildman–Crippen MR) is 121 cm³/mol. The molecule has 8 heteroatoms. The molecule has 0 aliphatic carbocycles. The summed E-state index contributed by atoms with van der Waals surface area (Å²) in [4.78, 5) is 12.3. The monoisotopic (exact) mass is 440 g/mol. The second-order valence-electron chi connectivity index (χ2n) is 7.18. The van der Waals surface area contributed by atoms with Gasteiger partial charge in [-0.25, -0.2) is 4.39 Å². The number of hydrogen-bond acceptors (Lipinski definition) is 5. The lowest BCUT2D eigenvalue weighted by molar-refractivity contribution is -0.113. The zero-order valence-corrected chi connectivity index (χ0v) is 18.6. The average molecular weight is 441 g/mol. The molecule has 0 fully saturated rings. The van der Waals surface area contributed by atoms with Crippen LogP contribution in [0.4, 0.5) is 10.1 Å². The Balaban J connectivity index is 1.64. The van der Waals surface area contributed by atoms with Crippen LogP contribution < -0.4 is 10.1 Å². The number of thioether (sulfide) groups is 1. The van der Waals surface area contributed by atoms with E-state index in [9.17, 15) is 9.18 Å². The summed E-state index contributed by atoms with van der Waals surface area (Å²) in [5, 5.41) is 11.6. The van der Waals surface area contributed by atoms with Crippen LogP contribution in [0.2, 0.25) is 0 Å². The molecule has 0 spiro atoms. The van der Waals surface area contributed by atoms with Gasteiger partial charge in [-0.15, -0.1) is 16.8 Å². The van der Waals surface area contributed by atoms with Gasteiger partial charge in [-0.2, -0.15) is 0 Å². The lowest BCUT2D eigenvalue weighted by atomic mass is 10.1. The number of allylic oxidation sites excluding steroid dienone is 1. The van der Waals surface area contributed by atoms with Gasteiger partial charge in [-0.1, -0.05) is 36.0 Å². The van der Waals surface area contributed by atoms with Gasteiger partial charge in [0.25, 0.3) is 0 Å². The molecule has 3 aromatic rings. The van der Waals surface area contributed by atoms with Crippen LogP contribution in [0, 0.1) is 26.6 Å². The van der Waals surface area contributed by atoms with Crippen molar-refractivity contribution in [3.63, 3.8) is 0 Å². The van der Waals surface area contributed by atoms with Gasteiger partial charge in [-0.3, -0.25) is 9.36 Å². The van der Waals surface area contributed by atoms with Crippen molar-refractivity contribution in [1.29, 1.82) is 0 Å². The summed E-state index contributed by atoms with van der Waals surface area (Å²) >= 11 is 1.22. The fourth-order valence-electron chi connectivity index (χ4n) is 2.89. The van der Waals surface area contributed by atoms with E-state index >= 15 is 0 Å². The zero-order chi connectivity index (χ0) is 22.4. The number of aromatic nitrogens is 3. The van der Waals surface area contributed by atoms with Crippen molar-refractivity contribution in [2.45, 2.75) is 39.1 Å². The molecule has 162 valence electrons. The Kier molecular flexibility index (Phi) is 7.46. The van der Waals surface area contributed by atoms with Crippen LogP contribution in [-0.2, 0) is 17.9 Å². The standard InChI is InChI=1S/C23H25FN4O2S/c1-5-10-28-21(13-30-20-12-16(3)6-8-17(20)4)26-27-23(28)31-14-22(29)25-19-9-7-15(2)11-18(19)24/h5-9,11-12H,1,10,13-14H2,2-4H3,(H,25,29). The molecule has 3 rings (SSSR count). The Bertz CT molecular complexity index is 1100. The Labute approximate surface area is 185 Å². The van der Waals surface area contributed by atoms with Gasteiger partial charge in [0.15, 0.2) is 11.0 Å². The van der Waals surface area contributed by atoms with Gasteiger partial charge in [0.1, 0.15) is 18.2 Å². The molecule has 0 aliphatic heterocycles. The molecule has 0 unspecified atom stereocenters. The molecule has 1 amide bonds. The van der Waals surface area contributed by atoms with Crippen molar-refractivity contribution in [2.24, 2.45) is 0 Å². The Morgan fingerprint density at radius 2 is 1.94 bits per heavy atom. The number of amides is 1. The molecule has 0 saturated carbocycles. The summed E-state index contributed by atoms with van der Waals surface area (Å²) in [7, 11) is 0. The molecule has 31 heavy (non-hydrogen) atoms. The van der Waals surface area contributed by atoms with Crippen LogP contribution in [0.15, 0.2) is 54.2 Å². The lowest BCUT2D eigenvalue weighted by Crippen LogP contribution is -2.16. The minimum atomic E-state index is -0.459. The Morgan fingerprint density at radius 3 is 2.68 bits per heavy atom. The SMILES string of the molecule is C=CCn1c(COc2cc(C)ccc2C)nnc1SCC(=O)Nc1ccc(C)cc1F. The molecule has 0 atom stereocenters. The van der Waals surface area contributed by atoms with E-state index in [4.69, 9.17) is 4.74 Å². The smallest absolute Gasteiger partial charge is 0.234 e. The molecule has 1 N–H and O–H groups in total. The van der Waals surface area contributed by atoms with Crippen LogP contribution in [0.3, 0.4) is 0 Å². The number of hydrogen-bond donors (Lipinski definition) is 1. The highest BCUT2D eigenvalue weighted by Crippen LogP contribution is 2.23. The van der Waals surface area contributed by atoms with Crippen molar-refractivity contribution in [3.05, 3.63) is 77.4 Å². The van der Waals surface area contributed by atoms with E-state index in [0.29, 0.717) is 17.5 Å². The fraction of sp³-hybridized carbons (Fsp3) is 0.261. The first-order chi connectivity index (χ1) is 14.9. The Hall–Kier alpha value is -3.13. The van der Waals surface area contributed by atoms with Crippen molar-refractivity contribution in [3.8, 4) is 5.75 Å². The maximum absolute atomic E-state index is 13.9. The predicted octanol–water partition coefficient (Wildman–Crippen LogP) is 4.84. The van der Waals surface area contributed by atoms with E-state index in [2.05, 4.69) is 22.1 Å². The molecule has 0 radical (unpaired) electrons. The maximum atomic E-state index is 13.9. The molecule has 1 aromatic heterocycles. The third-order valence-electron chi connectivity index (χ3n) is 4.54. The number of ether oxygens (including phenoxy) is 1. The summed E-state index contributed by atoms with van der Waals surface area (Å²) in [6.07, 6.45) is 1.73. The van der Waals surface area contributed by atoms with E-state index in [1.165, 1.54) is 17.8 Å². The van der Waals surface area contributed by atoms with E-state index in [1.54, 1.807) is 25.1 Å². The number of nitrogens with zero attached hydrogens (tertiary/aromatic N) is 3. The third kappa shape index (κ3) is 5.95. The number of carbonyl (C=O) groups is 1. The average Bonchev–Trinajstić information content (AvgIpc) is 3.11. The zero-order valence-electron chi connectivity index (χ0n) is 17.8. The number of carbonyl (C=O) groups excluding carboxylic acids is 1. The first kappa shape index (κ1) is 22.6. The van der Waals surface area contributed by atoms with Crippen molar-refractivity contribution in [1.82, 2.24) is 14.8 Å². The number of anilines is 1. The largest absolute Gasteiger partial charge is 0.485 e. The number of nitrogens with one attached hydrogen (secondary N) is 1. The summed E-state index contributed by atoms with van der Waals surface area (Å²) < 4.78 is 21.7. The van der Waals surface area contributed by atoms with E-state index in [1.807, 2.05) is 36.6 Å². The second-order valence-corrected chi connectivity index (χ2v) is 8.12. The van der Waals surface area contributed by atoms with Gasteiger partial charge in [0.2, 0.25) is 5.91 Å². The highest BCUT2D eigenvalue weighted by molar-refractivity contribution is 7.99. The van der Waals surface area contributed by atoms with Crippen LogP contribution in [0.1, 0.15) is 22.5 Å². The van der Waals surface area contributed by atoms with E-state index in [0.717, 1.165) is 22.4 Å². The third-order valence-corrected chi connectivity index (χ3v) is 5.50. The van der Waals surface area contributed by atoms with Crippen molar-refractivity contribution in [2.75, 3.05) is 11.1 Å².